The van der Waals surface area contributed by atoms with Crippen molar-refractivity contribution in [3.63, 3.8) is 0 Å². The lowest BCUT2D eigenvalue weighted by Crippen LogP contribution is -2.17. The first kappa shape index (κ1) is 27.6. The molecular formula is C32H40N2O4. The molecular weight excluding hydrogens is 476 g/mol. The van der Waals surface area contributed by atoms with Crippen LogP contribution in [0.15, 0.2) is 60.7 Å². The maximum absolute atomic E-state index is 5.77. The first-order chi connectivity index (χ1) is 18.7. The van der Waals surface area contributed by atoms with Crippen molar-refractivity contribution in [2.24, 2.45) is 0 Å². The van der Waals surface area contributed by atoms with Gasteiger partial charge in [-0.05, 0) is 48.8 Å². The summed E-state index contributed by atoms with van der Waals surface area (Å²) >= 11 is 0. The van der Waals surface area contributed by atoms with E-state index >= 15 is 0 Å². The van der Waals surface area contributed by atoms with Crippen molar-refractivity contribution in [3.8, 4) is 23.0 Å². The third-order valence-electron chi connectivity index (χ3n) is 7.04. The van der Waals surface area contributed by atoms with Gasteiger partial charge in [-0.2, -0.15) is 0 Å². The standard InChI is InChI=1S/C32H40N2O4/c1-35-29-19-23-13-7-9-15-25(23)31(37-3)27(29)21-33-17-11-5-6-12-18-34-22-28-30(36-2)20-24-14-8-10-16-26(24)32(28)38-4/h7-10,13-16,19-20,33-34H,5-6,11-12,17-18,21-22H2,1-4H3. The maximum Gasteiger partial charge on any atom is 0.134 e. The Bertz CT molecular complexity index is 1240. The Morgan fingerprint density at radius 2 is 0.947 bits per heavy atom. The summed E-state index contributed by atoms with van der Waals surface area (Å²) in [4.78, 5) is 0. The van der Waals surface area contributed by atoms with Crippen molar-refractivity contribution in [2.45, 2.75) is 38.8 Å². The minimum atomic E-state index is 0.716. The second kappa shape index (κ2) is 13.9. The predicted octanol–water partition coefficient (Wildman–Crippen LogP) is 6.47. The highest BCUT2D eigenvalue weighted by atomic mass is 16.5. The SMILES string of the molecule is COc1cc2ccccc2c(OC)c1CNCCCCCCNCc1c(OC)cc2ccccc2c1OC. The largest absolute Gasteiger partial charge is 0.496 e. The van der Waals surface area contributed by atoms with E-state index < -0.39 is 0 Å². The predicted molar refractivity (Wildman–Crippen MR) is 156 cm³/mol. The minimum absolute atomic E-state index is 0.716. The number of ether oxygens (including phenoxy) is 4. The number of hydrogen-bond acceptors (Lipinski definition) is 6. The van der Waals surface area contributed by atoms with Crippen LogP contribution >= 0.6 is 0 Å². The first-order valence-electron chi connectivity index (χ1n) is 13.4. The fourth-order valence-electron chi connectivity index (χ4n) is 5.11. The molecule has 6 nitrogen and oxygen atoms in total. The van der Waals surface area contributed by atoms with Crippen LogP contribution in [0.3, 0.4) is 0 Å². The summed E-state index contributed by atoms with van der Waals surface area (Å²) in [5, 5.41) is 11.6. The molecule has 0 fully saturated rings. The van der Waals surface area contributed by atoms with Crippen molar-refractivity contribution in [1.29, 1.82) is 0 Å². The molecule has 0 radical (unpaired) electrons. The molecule has 0 amide bonds. The normalized spacial score (nSPS) is 11.2. The van der Waals surface area contributed by atoms with Crippen molar-refractivity contribution >= 4 is 21.5 Å². The zero-order chi connectivity index (χ0) is 26.7. The Balaban J connectivity index is 1.19. The molecule has 38 heavy (non-hydrogen) atoms. The number of benzene rings is 4. The number of hydrogen-bond donors (Lipinski definition) is 2. The van der Waals surface area contributed by atoms with Crippen molar-refractivity contribution in [1.82, 2.24) is 10.6 Å². The number of unbranched alkanes of at least 4 members (excludes halogenated alkanes) is 3. The topological polar surface area (TPSA) is 61.0 Å². The van der Waals surface area contributed by atoms with E-state index in [4.69, 9.17) is 18.9 Å². The molecule has 0 atom stereocenters. The molecule has 0 aromatic heterocycles. The van der Waals surface area contributed by atoms with Gasteiger partial charge in [-0.3, -0.25) is 0 Å². The Morgan fingerprint density at radius 3 is 1.34 bits per heavy atom. The molecule has 6 heteroatoms. The highest BCUT2D eigenvalue weighted by Gasteiger charge is 2.15. The summed E-state index contributed by atoms with van der Waals surface area (Å²) in [6.07, 6.45) is 4.63. The fourth-order valence-corrected chi connectivity index (χ4v) is 5.11. The van der Waals surface area contributed by atoms with E-state index in [9.17, 15) is 0 Å². The van der Waals surface area contributed by atoms with Gasteiger partial charge in [-0.1, -0.05) is 61.4 Å². The molecule has 202 valence electrons. The molecule has 0 saturated heterocycles. The highest BCUT2D eigenvalue weighted by Crippen LogP contribution is 2.38. The lowest BCUT2D eigenvalue weighted by atomic mass is 10.0. The molecule has 0 aliphatic heterocycles. The summed E-state index contributed by atoms with van der Waals surface area (Å²) in [6.45, 7) is 3.35. The second-order valence-corrected chi connectivity index (χ2v) is 9.39. The van der Waals surface area contributed by atoms with Gasteiger partial charge in [-0.15, -0.1) is 0 Å². The van der Waals surface area contributed by atoms with Gasteiger partial charge in [0.1, 0.15) is 23.0 Å². The van der Waals surface area contributed by atoms with Gasteiger partial charge in [0.25, 0.3) is 0 Å². The van der Waals surface area contributed by atoms with Crippen LogP contribution in [0.25, 0.3) is 21.5 Å². The average Bonchev–Trinajstić information content (AvgIpc) is 2.96. The number of fused-ring (bicyclic) bond motifs is 2. The minimum Gasteiger partial charge on any atom is -0.496 e. The number of nitrogens with one attached hydrogen (secondary N) is 2. The van der Waals surface area contributed by atoms with Crippen LogP contribution < -0.4 is 29.6 Å². The van der Waals surface area contributed by atoms with Crippen LogP contribution in [0.5, 0.6) is 23.0 Å². The fraction of sp³-hybridized carbons (Fsp3) is 0.375. The molecule has 0 bridgehead atoms. The summed E-state index contributed by atoms with van der Waals surface area (Å²) in [7, 11) is 6.89. The van der Waals surface area contributed by atoms with Crippen LogP contribution in [0.4, 0.5) is 0 Å². The zero-order valence-corrected chi connectivity index (χ0v) is 23.1. The Hall–Kier alpha value is -3.48. The van der Waals surface area contributed by atoms with Gasteiger partial charge in [0, 0.05) is 23.9 Å². The van der Waals surface area contributed by atoms with E-state index in [1.54, 1.807) is 28.4 Å². The van der Waals surface area contributed by atoms with E-state index in [-0.39, 0.29) is 0 Å². The van der Waals surface area contributed by atoms with E-state index in [1.807, 2.05) is 24.3 Å². The van der Waals surface area contributed by atoms with Crippen LogP contribution in [0, 0.1) is 0 Å². The third kappa shape index (κ3) is 6.32. The molecule has 0 unspecified atom stereocenters. The smallest absolute Gasteiger partial charge is 0.134 e. The van der Waals surface area contributed by atoms with Crippen LogP contribution in [0.2, 0.25) is 0 Å². The first-order valence-corrected chi connectivity index (χ1v) is 13.4. The maximum atomic E-state index is 5.77. The van der Waals surface area contributed by atoms with Crippen molar-refractivity contribution in [2.75, 3.05) is 41.5 Å². The van der Waals surface area contributed by atoms with Crippen molar-refractivity contribution < 1.29 is 18.9 Å². The van der Waals surface area contributed by atoms with Gasteiger partial charge in [0.15, 0.2) is 0 Å². The van der Waals surface area contributed by atoms with E-state index in [1.165, 1.54) is 12.8 Å². The van der Waals surface area contributed by atoms with Gasteiger partial charge in [0.05, 0.1) is 39.6 Å². The average molecular weight is 517 g/mol. The number of methoxy groups -OCH3 is 4. The Morgan fingerprint density at radius 1 is 0.526 bits per heavy atom. The Kier molecular flexibility index (Phi) is 10.1. The van der Waals surface area contributed by atoms with Gasteiger partial charge in [0.2, 0.25) is 0 Å². The van der Waals surface area contributed by atoms with E-state index in [2.05, 4.69) is 47.0 Å². The third-order valence-corrected chi connectivity index (χ3v) is 7.04. The van der Waals surface area contributed by atoms with Gasteiger partial charge < -0.3 is 29.6 Å². The molecule has 0 spiro atoms. The Labute approximate surface area is 226 Å². The lowest BCUT2D eigenvalue weighted by Gasteiger charge is -2.17. The summed E-state index contributed by atoms with van der Waals surface area (Å²) in [5.74, 6) is 3.49. The summed E-state index contributed by atoms with van der Waals surface area (Å²) in [6, 6.07) is 20.7. The van der Waals surface area contributed by atoms with Gasteiger partial charge in [-0.25, -0.2) is 0 Å². The summed E-state index contributed by atoms with van der Waals surface area (Å²) < 4.78 is 22.9. The van der Waals surface area contributed by atoms with Crippen LogP contribution in [-0.2, 0) is 13.1 Å². The molecule has 0 heterocycles. The molecule has 4 aromatic rings. The monoisotopic (exact) mass is 516 g/mol. The van der Waals surface area contributed by atoms with Crippen LogP contribution in [0.1, 0.15) is 36.8 Å². The quantitative estimate of drug-likeness (QED) is 0.177. The highest BCUT2D eigenvalue weighted by molar-refractivity contribution is 5.92. The molecule has 2 N–H and O–H groups in total. The van der Waals surface area contributed by atoms with E-state index in [0.29, 0.717) is 13.1 Å². The van der Waals surface area contributed by atoms with Gasteiger partial charge >= 0.3 is 0 Å². The summed E-state index contributed by atoms with van der Waals surface area (Å²) in [5.41, 5.74) is 2.13. The second-order valence-electron chi connectivity index (χ2n) is 9.39. The van der Waals surface area contributed by atoms with Crippen molar-refractivity contribution in [3.05, 3.63) is 71.8 Å². The molecule has 0 saturated carbocycles. The lowest BCUT2D eigenvalue weighted by molar-refractivity contribution is 0.385. The van der Waals surface area contributed by atoms with Crippen LogP contribution in [-0.4, -0.2) is 41.5 Å². The molecule has 4 rings (SSSR count). The molecule has 4 aromatic carbocycles. The number of rotatable bonds is 15. The van der Waals surface area contributed by atoms with E-state index in [0.717, 1.165) is 81.6 Å². The molecule has 0 aliphatic rings. The molecule has 0 aliphatic carbocycles. The zero-order valence-electron chi connectivity index (χ0n) is 23.1.